The molecule has 0 spiro atoms. The number of aryl methyl sites for hydroxylation is 1. The van der Waals surface area contributed by atoms with Crippen molar-refractivity contribution in [3.63, 3.8) is 0 Å². The number of halogens is 2. The summed E-state index contributed by atoms with van der Waals surface area (Å²) in [5, 5.41) is 6.04. The third-order valence-electron chi connectivity index (χ3n) is 5.06. The van der Waals surface area contributed by atoms with Crippen molar-refractivity contribution in [1.29, 1.82) is 0 Å². The minimum Gasteiger partial charge on any atom is -0.351 e. The molecular weight excluding hydrogens is 453 g/mol. The fraction of sp³-hybridized carbons (Fsp3) is 0.318. The first-order valence-electron chi connectivity index (χ1n) is 10.2. The van der Waals surface area contributed by atoms with Gasteiger partial charge in [-0.15, -0.1) is 0 Å². The van der Waals surface area contributed by atoms with Gasteiger partial charge in [-0.05, 0) is 43.7 Å². The van der Waals surface area contributed by atoms with Gasteiger partial charge in [0.1, 0.15) is 0 Å². The minimum atomic E-state index is -1.14. The molecular formula is C22H25Cl2N5O3. The maximum Gasteiger partial charge on any atom is 0.323 e. The highest BCUT2D eigenvalue weighted by Crippen LogP contribution is 2.25. The van der Waals surface area contributed by atoms with Crippen LogP contribution in [0.15, 0.2) is 42.5 Å². The third-order valence-corrected chi connectivity index (χ3v) is 5.80. The lowest BCUT2D eigenvalue weighted by molar-refractivity contribution is -0.132. The van der Waals surface area contributed by atoms with Crippen molar-refractivity contribution in [2.45, 2.75) is 19.5 Å². The predicted molar refractivity (Wildman–Crippen MR) is 125 cm³/mol. The second kappa shape index (κ2) is 10.7. The number of carbonyl (C=O) groups is 3. The Labute approximate surface area is 196 Å². The van der Waals surface area contributed by atoms with E-state index in [-0.39, 0.29) is 23.7 Å². The van der Waals surface area contributed by atoms with E-state index < -0.39 is 24.0 Å². The predicted octanol–water partition coefficient (Wildman–Crippen LogP) is 3.08. The Hall–Kier alpha value is -2.81. The summed E-state index contributed by atoms with van der Waals surface area (Å²) in [6, 6.07) is 11.3. The average molecular weight is 478 g/mol. The quantitative estimate of drug-likeness (QED) is 0.614. The average Bonchev–Trinajstić information content (AvgIpc) is 2.79. The van der Waals surface area contributed by atoms with Crippen LogP contribution >= 0.6 is 23.2 Å². The van der Waals surface area contributed by atoms with Gasteiger partial charge in [-0.3, -0.25) is 14.5 Å². The maximum atomic E-state index is 13.3. The van der Waals surface area contributed by atoms with Gasteiger partial charge in [-0.25, -0.2) is 4.79 Å². The second-order valence-electron chi connectivity index (χ2n) is 7.42. The van der Waals surface area contributed by atoms with E-state index in [2.05, 4.69) is 10.6 Å². The van der Waals surface area contributed by atoms with Crippen molar-refractivity contribution in [2.75, 3.05) is 31.5 Å². The maximum absolute atomic E-state index is 13.3. The molecule has 32 heavy (non-hydrogen) atoms. The van der Waals surface area contributed by atoms with Crippen LogP contribution in [0.4, 0.5) is 10.5 Å². The van der Waals surface area contributed by atoms with Gasteiger partial charge in [-0.1, -0.05) is 40.9 Å². The smallest absolute Gasteiger partial charge is 0.323 e. The molecule has 0 bridgehead atoms. The zero-order chi connectivity index (χ0) is 23.3. The number of amides is 4. The first kappa shape index (κ1) is 23.8. The van der Waals surface area contributed by atoms with Gasteiger partial charge < -0.3 is 21.3 Å². The molecule has 2 aromatic rings. The second-order valence-corrected chi connectivity index (χ2v) is 8.24. The Morgan fingerprint density at radius 3 is 2.38 bits per heavy atom. The van der Waals surface area contributed by atoms with Crippen LogP contribution in [0.5, 0.6) is 0 Å². The zero-order valence-electron chi connectivity index (χ0n) is 17.6. The largest absolute Gasteiger partial charge is 0.351 e. The summed E-state index contributed by atoms with van der Waals surface area (Å²) in [5.74, 6) is -0.910. The van der Waals surface area contributed by atoms with Gasteiger partial charge in [0.15, 0.2) is 6.17 Å². The van der Waals surface area contributed by atoms with E-state index in [1.807, 2.05) is 19.1 Å². The summed E-state index contributed by atoms with van der Waals surface area (Å²) in [4.78, 5) is 42.1. The highest BCUT2D eigenvalue weighted by atomic mass is 35.5. The molecule has 1 aliphatic heterocycles. The number of hydrogen-bond acceptors (Lipinski definition) is 4. The van der Waals surface area contributed by atoms with Crippen molar-refractivity contribution in [2.24, 2.45) is 5.73 Å². The molecule has 1 atom stereocenters. The van der Waals surface area contributed by atoms with Crippen molar-refractivity contribution in [3.8, 4) is 0 Å². The van der Waals surface area contributed by atoms with Crippen molar-refractivity contribution >= 4 is 46.7 Å². The van der Waals surface area contributed by atoms with Gasteiger partial charge >= 0.3 is 6.03 Å². The van der Waals surface area contributed by atoms with Crippen molar-refractivity contribution in [1.82, 2.24) is 15.1 Å². The Kier molecular flexibility index (Phi) is 7.95. The number of benzene rings is 2. The number of nitrogens with one attached hydrogen (secondary N) is 2. The van der Waals surface area contributed by atoms with E-state index in [4.69, 9.17) is 28.9 Å². The summed E-state index contributed by atoms with van der Waals surface area (Å²) < 4.78 is 0. The highest BCUT2D eigenvalue weighted by molar-refractivity contribution is 6.42. The number of nitrogens with zero attached hydrogens (tertiary/aromatic N) is 2. The summed E-state index contributed by atoms with van der Waals surface area (Å²) in [5.41, 5.74) is 7.44. The van der Waals surface area contributed by atoms with Gasteiger partial charge in [-0.2, -0.15) is 0 Å². The summed E-state index contributed by atoms with van der Waals surface area (Å²) in [7, 11) is 0. The molecule has 1 aliphatic rings. The topological polar surface area (TPSA) is 108 Å². The molecule has 1 fully saturated rings. The van der Waals surface area contributed by atoms with Crippen molar-refractivity contribution in [3.05, 3.63) is 63.6 Å². The lowest BCUT2D eigenvalue weighted by Gasteiger charge is -2.42. The van der Waals surface area contributed by atoms with Crippen LogP contribution in [-0.4, -0.2) is 60.0 Å². The SMILES string of the molecule is Cc1ccc(NC(=O)N2CCCN(C(=O)c3ccc(Cl)c(Cl)c3)C2C(=O)NCCN)cc1. The molecule has 2 aromatic carbocycles. The number of urea groups is 1. The zero-order valence-corrected chi connectivity index (χ0v) is 19.1. The molecule has 0 aliphatic carbocycles. The van der Waals surface area contributed by atoms with E-state index in [1.54, 1.807) is 12.1 Å². The van der Waals surface area contributed by atoms with Gasteiger partial charge in [0.2, 0.25) is 0 Å². The summed E-state index contributed by atoms with van der Waals surface area (Å²) >= 11 is 12.0. The van der Waals surface area contributed by atoms with Crippen LogP contribution in [0, 0.1) is 6.92 Å². The van der Waals surface area contributed by atoms with Gasteiger partial charge in [0.05, 0.1) is 10.0 Å². The van der Waals surface area contributed by atoms with Gasteiger partial charge in [0, 0.05) is 37.4 Å². The summed E-state index contributed by atoms with van der Waals surface area (Å²) in [6.45, 7) is 3.00. The molecule has 3 rings (SSSR count). The van der Waals surface area contributed by atoms with Crippen LogP contribution in [-0.2, 0) is 4.79 Å². The fourth-order valence-electron chi connectivity index (χ4n) is 3.45. The molecule has 8 nitrogen and oxygen atoms in total. The molecule has 4 amide bonds. The monoisotopic (exact) mass is 477 g/mol. The van der Waals surface area contributed by atoms with E-state index in [1.165, 1.54) is 28.0 Å². The number of rotatable bonds is 5. The number of anilines is 1. The summed E-state index contributed by atoms with van der Waals surface area (Å²) in [6.07, 6.45) is -0.627. The molecule has 10 heteroatoms. The normalized spacial score (nSPS) is 15.9. The first-order valence-corrected chi connectivity index (χ1v) is 11.0. The lowest BCUT2D eigenvalue weighted by atomic mass is 10.1. The molecule has 1 saturated heterocycles. The standard InChI is InChI=1S/C22H25Cl2N5O3/c1-14-3-6-16(7-4-14)27-22(32)29-12-2-11-28(20(29)19(30)26-10-9-25)21(31)15-5-8-17(23)18(24)13-15/h3-8,13,20H,2,9-12,25H2,1H3,(H,26,30)(H,27,32). The molecule has 0 saturated carbocycles. The third kappa shape index (κ3) is 5.51. The van der Waals surface area contributed by atoms with E-state index in [0.717, 1.165) is 5.56 Å². The lowest BCUT2D eigenvalue weighted by Crippen LogP contribution is -2.64. The highest BCUT2D eigenvalue weighted by Gasteiger charge is 2.40. The van der Waals surface area contributed by atoms with E-state index >= 15 is 0 Å². The Morgan fingerprint density at radius 2 is 1.72 bits per heavy atom. The van der Waals surface area contributed by atoms with Crippen LogP contribution in [0.1, 0.15) is 22.3 Å². The van der Waals surface area contributed by atoms with Crippen LogP contribution in [0.2, 0.25) is 10.0 Å². The minimum absolute atomic E-state index is 0.220. The molecule has 1 unspecified atom stereocenters. The van der Waals surface area contributed by atoms with E-state index in [0.29, 0.717) is 30.2 Å². The van der Waals surface area contributed by atoms with Crippen LogP contribution in [0.25, 0.3) is 0 Å². The number of nitrogens with two attached hydrogens (primary N) is 1. The first-order chi connectivity index (χ1) is 15.3. The Morgan fingerprint density at radius 1 is 1.03 bits per heavy atom. The molecule has 0 radical (unpaired) electrons. The Balaban J connectivity index is 1.88. The number of hydrogen-bond donors (Lipinski definition) is 3. The molecule has 0 aromatic heterocycles. The fourth-order valence-corrected chi connectivity index (χ4v) is 3.74. The van der Waals surface area contributed by atoms with Crippen LogP contribution < -0.4 is 16.4 Å². The van der Waals surface area contributed by atoms with Crippen LogP contribution in [0.3, 0.4) is 0 Å². The molecule has 1 heterocycles. The number of carbonyl (C=O) groups excluding carboxylic acids is 3. The molecule has 4 N–H and O–H groups in total. The Bertz CT molecular complexity index is 1000. The molecule has 170 valence electrons. The van der Waals surface area contributed by atoms with Gasteiger partial charge in [0.25, 0.3) is 11.8 Å². The van der Waals surface area contributed by atoms with E-state index in [9.17, 15) is 14.4 Å². The van der Waals surface area contributed by atoms with Crippen molar-refractivity contribution < 1.29 is 14.4 Å².